The molecule has 0 saturated carbocycles. The van der Waals surface area contributed by atoms with Crippen LogP contribution < -0.4 is 5.32 Å². The van der Waals surface area contributed by atoms with E-state index in [2.05, 4.69) is 10.2 Å². The standard InChI is InChI=1S/C20H29ClFN3O3/c1-4-14(2)19(20(27)28-3)23-18(26)13-25-10-8-24(9-11-25)12-15-16(21)6-5-7-17(15)22/h5-7,14,19H,4,8-13H2,1-3H3,(H,23,26). The van der Waals surface area contributed by atoms with Gasteiger partial charge in [-0.3, -0.25) is 14.6 Å². The van der Waals surface area contributed by atoms with Gasteiger partial charge in [-0.05, 0) is 18.1 Å². The van der Waals surface area contributed by atoms with Gasteiger partial charge in [-0.25, -0.2) is 9.18 Å². The summed E-state index contributed by atoms with van der Waals surface area (Å²) in [6.07, 6.45) is 0.761. The molecule has 8 heteroatoms. The fourth-order valence-corrected chi connectivity index (χ4v) is 3.45. The molecule has 0 aromatic heterocycles. The molecule has 1 fully saturated rings. The first-order valence-electron chi connectivity index (χ1n) is 9.60. The molecule has 1 amide bonds. The van der Waals surface area contributed by atoms with Crippen LogP contribution in [-0.4, -0.2) is 67.6 Å². The van der Waals surface area contributed by atoms with Gasteiger partial charge in [0.2, 0.25) is 5.91 Å². The van der Waals surface area contributed by atoms with Gasteiger partial charge in [-0.2, -0.15) is 0 Å². The first kappa shape index (κ1) is 22.6. The molecular formula is C20H29ClFN3O3. The first-order valence-corrected chi connectivity index (χ1v) is 9.98. The Bertz CT molecular complexity index is 660. The van der Waals surface area contributed by atoms with Crippen molar-refractivity contribution in [3.63, 3.8) is 0 Å². The second-order valence-electron chi connectivity index (χ2n) is 7.21. The molecule has 1 aromatic rings. The quantitative estimate of drug-likeness (QED) is 0.662. The number of halogens is 2. The summed E-state index contributed by atoms with van der Waals surface area (Å²) in [6, 6.07) is 4.07. The lowest BCUT2D eigenvalue weighted by molar-refractivity contribution is -0.146. The van der Waals surface area contributed by atoms with Gasteiger partial charge in [0.1, 0.15) is 11.9 Å². The minimum absolute atomic E-state index is 0.00114. The highest BCUT2D eigenvalue weighted by molar-refractivity contribution is 6.31. The summed E-state index contributed by atoms with van der Waals surface area (Å²) in [7, 11) is 1.32. The molecule has 2 atom stereocenters. The van der Waals surface area contributed by atoms with E-state index in [1.54, 1.807) is 12.1 Å². The monoisotopic (exact) mass is 413 g/mol. The molecular weight excluding hydrogens is 385 g/mol. The molecule has 1 saturated heterocycles. The summed E-state index contributed by atoms with van der Waals surface area (Å²) < 4.78 is 18.8. The summed E-state index contributed by atoms with van der Waals surface area (Å²) in [5.74, 6) is -0.914. The molecule has 1 heterocycles. The van der Waals surface area contributed by atoms with Gasteiger partial charge < -0.3 is 10.1 Å². The molecule has 28 heavy (non-hydrogen) atoms. The number of nitrogens with one attached hydrogen (secondary N) is 1. The molecule has 0 bridgehead atoms. The Labute approximate surface area is 171 Å². The lowest BCUT2D eigenvalue weighted by Gasteiger charge is -2.34. The summed E-state index contributed by atoms with van der Waals surface area (Å²) in [5.41, 5.74) is 0.504. The number of carbonyl (C=O) groups is 2. The number of esters is 1. The Morgan fingerprint density at radius 1 is 1.25 bits per heavy atom. The van der Waals surface area contributed by atoms with Crippen LogP contribution in [0.25, 0.3) is 0 Å². The van der Waals surface area contributed by atoms with Gasteiger partial charge in [0.25, 0.3) is 0 Å². The smallest absolute Gasteiger partial charge is 0.328 e. The van der Waals surface area contributed by atoms with E-state index in [9.17, 15) is 14.0 Å². The molecule has 0 aliphatic carbocycles. The number of ether oxygens (including phenoxy) is 1. The molecule has 1 aliphatic rings. The van der Waals surface area contributed by atoms with Crippen molar-refractivity contribution in [1.29, 1.82) is 0 Å². The van der Waals surface area contributed by atoms with Crippen LogP contribution in [0, 0.1) is 11.7 Å². The normalized spacial score (nSPS) is 17.8. The van der Waals surface area contributed by atoms with Gasteiger partial charge in [-0.15, -0.1) is 0 Å². The number of piperazine rings is 1. The highest BCUT2D eigenvalue weighted by atomic mass is 35.5. The van der Waals surface area contributed by atoms with Crippen LogP contribution >= 0.6 is 11.6 Å². The van der Waals surface area contributed by atoms with Crippen LogP contribution in [0.2, 0.25) is 5.02 Å². The molecule has 2 unspecified atom stereocenters. The van der Waals surface area contributed by atoms with Crippen molar-refractivity contribution in [2.45, 2.75) is 32.9 Å². The van der Waals surface area contributed by atoms with Gasteiger partial charge in [0, 0.05) is 43.3 Å². The number of benzene rings is 1. The van der Waals surface area contributed by atoms with Crippen LogP contribution in [0.1, 0.15) is 25.8 Å². The van der Waals surface area contributed by atoms with Gasteiger partial charge >= 0.3 is 5.97 Å². The summed E-state index contributed by atoms with van der Waals surface area (Å²) in [4.78, 5) is 28.4. The van der Waals surface area contributed by atoms with Crippen molar-refractivity contribution < 1.29 is 18.7 Å². The fourth-order valence-electron chi connectivity index (χ4n) is 3.23. The third-order valence-corrected chi connectivity index (χ3v) is 5.61. The summed E-state index contributed by atoms with van der Waals surface area (Å²) >= 11 is 6.10. The van der Waals surface area contributed by atoms with Crippen molar-refractivity contribution in [2.75, 3.05) is 39.8 Å². The molecule has 0 radical (unpaired) electrons. The van der Waals surface area contributed by atoms with Gasteiger partial charge in [0.15, 0.2) is 0 Å². The van der Waals surface area contributed by atoms with E-state index in [1.807, 2.05) is 18.7 Å². The molecule has 156 valence electrons. The number of nitrogens with zero attached hydrogens (tertiary/aromatic N) is 2. The topological polar surface area (TPSA) is 61.9 Å². The predicted molar refractivity (Wildman–Crippen MR) is 107 cm³/mol. The minimum Gasteiger partial charge on any atom is -0.467 e. The Kier molecular flexibility index (Phi) is 8.66. The molecule has 1 aromatic carbocycles. The van der Waals surface area contributed by atoms with Crippen LogP contribution in [0.5, 0.6) is 0 Å². The van der Waals surface area contributed by atoms with Crippen molar-refractivity contribution >= 4 is 23.5 Å². The highest BCUT2D eigenvalue weighted by Crippen LogP contribution is 2.21. The molecule has 1 aliphatic heterocycles. The fraction of sp³-hybridized carbons (Fsp3) is 0.600. The third-order valence-electron chi connectivity index (χ3n) is 5.26. The number of hydrogen-bond acceptors (Lipinski definition) is 5. The Morgan fingerprint density at radius 2 is 1.89 bits per heavy atom. The van der Waals surface area contributed by atoms with E-state index < -0.39 is 12.0 Å². The van der Waals surface area contributed by atoms with Gasteiger partial charge in [0.05, 0.1) is 13.7 Å². The minimum atomic E-state index is -0.632. The molecule has 1 N–H and O–H groups in total. The molecule has 2 rings (SSSR count). The van der Waals surface area contributed by atoms with E-state index in [4.69, 9.17) is 16.3 Å². The maximum Gasteiger partial charge on any atom is 0.328 e. The zero-order chi connectivity index (χ0) is 20.7. The van der Waals surface area contributed by atoms with Crippen LogP contribution in [0.3, 0.4) is 0 Å². The lowest BCUT2D eigenvalue weighted by Crippen LogP contribution is -2.52. The lowest BCUT2D eigenvalue weighted by atomic mass is 9.99. The third kappa shape index (κ3) is 6.15. The number of methoxy groups -OCH3 is 1. The highest BCUT2D eigenvalue weighted by Gasteiger charge is 2.28. The second-order valence-corrected chi connectivity index (χ2v) is 7.61. The number of hydrogen-bond donors (Lipinski definition) is 1. The van der Waals surface area contributed by atoms with Crippen LogP contribution in [-0.2, 0) is 20.9 Å². The van der Waals surface area contributed by atoms with E-state index in [0.29, 0.717) is 43.3 Å². The SMILES string of the molecule is CCC(C)C(NC(=O)CN1CCN(Cc2c(F)cccc2Cl)CC1)C(=O)OC. The second kappa shape index (κ2) is 10.7. The van der Waals surface area contributed by atoms with Gasteiger partial charge in [-0.1, -0.05) is 37.9 Å². The maximum atomic E-state index is 14.0. The molecule has 6 nitrogen and oxygen atoms in total. The van der Waals surface area contributed by atoms with E-state index in [1.165, 1.54) is 13.2 Å². The average Bonchev–Trinajstić information content (AvgIpc) is 2.69. The number of amides is 1. The van der Waals surface area contributed by atoms with Crippen molar-refractivity contribution in [3.8, 4) is 0 Å². The number of rotatable bonds is 8. The van der Waals surface area contributed by atoms with Crippen molar-refractivity contribution in [1.82, 2.24) is 15.1 Å². The summed E-state index contributed by atoms with van der Waals surface area (Å²) in [6.45, 7) is 7.34. The Balaban J connectivity index is 1.83. The van der Waals surface area contributed by atoms with E-state index in [0.717, 1.165) is 6.42 Å². The number of carbonyl (C=O) groups excluding carboxylic acids is 2. The van der Waals surface area contributed by atoms with E-state index in [-0.39, 0.29) is 24.2 Å². The first-order chi connectivity index (χ1) is 13.3. The van der Waals surface area contributed by atoms with Crippen LogP contribution in [0.15, 0.2) is 18.2 Å². The summed E-state index contributed by atoms with van der Waals surface area (Å²) in [5, 5.41) is 3.23. The Morgan fingerprint density at radius 3 is 2.46 bits per heavy atom. The van der Waals surface area contributed by atoms with E-state index >= 15 is 0 Å². The zero-order valence-corrected chi connectivity index (χ0v) is 17.5. The predicted octanol–water partition coefficient (Wildman–Crippen LogP) is 2.30. The Hall–Kier alpha value is -1.70. The van der Waals surface area contributed by atoms with Crippen LogP contribution in [0.4, 0.5) is 4.39 Å². The van der Waals surface area contributed by atoms with Crippen molar-refractivity contribution in [3.05, 3.63) is 34.6 Å². The average molecular weight is 414 g/mol. The zero-order valence-electron chi connectivity index (χ0n) is 16.7. The molecule has 0 spiro atoms. The largest absolute Gasteiger partial charge is 0.467 e. The maximum absolute atomic E-state index is 14.0. The van der Waals surface area contributed by atoms with Crippen molar-refractivity contribution in [2.24, 2.45) is 5.92 Å².